The molecule has 1 heterocycles. The van der Waals surface area contributed by atoms with Crippen LogP contribution < -0.4 is 20.7 Å². The van der Waals surface area contributed by atoms with Crippen molar-refractivity contribution < 1.29 is 14.3 Å². The Balaban J connectivity index is 2.36. The van der Waals surface area contributed by atoms with Crippen LogP contribution in [0.25, 0.3) is 0 Å². The van der Waals surface area contributed by atoms with E-state index in [0.29, 0.717) is 30.1 Å². The molecule has 2 amide bonds. The summed E-state index contributed by atoms with van der Waals surface area (Å²) in [7, 11) is 1.54. The molecule has 1 atom stereocenters. The summed E-state index contributed by atoms with van der Waals surface area (Å²) in [6, 6.07) is 5.00. The van der Waals surface area contributed by atoms with E-state index in [1.807, 2.05) is 0 Å². The van der Waals surface area contributed by atoms with Gasteiger partial charge in [-0.2, -0.15) is 0 Å². The minimum atomic E-state index is -0.166. The molecule has 1 aliphatic heterocycles. The first kappa shape index (κ1) is 13.4. The van der Waals surface area contributed by atoms with Gasteiger partial charge in [-0.15, -0.1) is 0 Å². The molecule has 1 fully saturated rings. The van der Waals surface area contributed by atoms with Crippen molar-refractivity contribution >= 4 is 23.2 Å². The van der Waals surface area contributed by atoms with Crippen LogP contribution in [0, 0.1) is 0 Å². The van der Waals surface area contributed by atoms with Gasteiger partial charge in [0.2, 0.25) is 11.8 Å². The van der Waals surface area contributed by atoms with Gasteiger partial charge in [-0.25, -0.2) is 0 Å². The summed E-state index contributed by atoms with van der Waals surface area (Å²) in [4.78, 5) is 24.6. The number of rotatable bonds is 3. The van der Waals surface area contributed by atoms with Crippen LogP contribution in [-0.2, 0) is 9.59 Å². The monoisotopic (exact) mass is 263 g/mol. The predicted molar refractivity (Wildman–Crippen MR) is 72.2 cm³/mol. The number of carbonyl (C=O) groups excluding carboxylic acids is 2. The fourth-order valence-corrected chi connectivity index (χ4v) is 2.15. The minimum absolute atomic E-state index is 0.0363. The first-order valence-corrected chi connectivity index (χ1v) is 6.03. The standard InChI is InChI=1S/C13H17N3O3/c1-8(17)15-10-3-4-12(19-2)11(6-10)16-7-9(14)5-13(16)18/h3-4,6,9H,5,7,14H2,1-2H3,(H,15,17). The molecule has 1 unspecified atom stereocenters. The van der Waals surface area contributed by atoms with Gasteiger partial charge in [0.25, 0.3) is 0 Å². The van der Waals surface area contributed by atoms with Gasteiger partial charge in [-0.1, -0.05) is 0 Å². The van der Waals surface area contributed by atoms with Gasteiger partial charge in [0.1, 0.15) is 5.75 Å². The number of hydrogen-bond donors (Lipinski definition) is 2. The van der Waals surface area contributed by atoms with Crippen LogP contribution in [0.2, 0.25) is 0 Å². The Morgan fingerprint density at radius 2 is 2.26 bits per heavy atom. The zero-order valence-electron chi connectivity index (χ0n) is 11.0. The maximum atomic E-state index is 11.9. The molecular formula is C13H17N3O3. The molecule has 0 aliphatic carbocycles. The maximum Gasteiger partial charge on any atom is 0.228 e. The van der Waals surface area contributed by atoms with Crippen molar-refractivity contribution in [2.75, 3.05) is 23.9 Å². The van der Waals surface area contributed by atoms with E-state index in [0.717, 1.165) is 0 Å². The molecule has 6 nitrogen and oxygen atoms in total. The zero-order chi connectivity index (χ0) is 14.0. The summed E-state index contributed by atoms with van der Waals surface area (Å²) in [6.45, 7) is 1.89. The maximum absolute atomic E-state index is 11.9. The smallest absolute Gasteiger partial charge is 0.228 e. The van der Waals surface area contributed by atoms with Crippen LogP contribution in [0.5, 0.6) is 5.75 Å². The Morgan fingerprint density at radius 1 is 1.53 bits per heavy atom. The number of ether oxygens (including phenoxy) is 1. The van der Waals surface area contributed by atoms with E-state index in [9.17, 15) is 9.59 Å². The zero-order valence-corrected chi connectivity index (χ0v) is 11.0. The van der Waals surface area contributed by atoms with Gasteiger partial charge in [-0.3, -0.25) is 9.59 Å². The second-order valence-corrected chi connectivity index (χ2v) is 4.54. The summed E-state index contributed by atoms with van der Waals surface area (Å²) in [5, 5.41) is 2.68. The van der Waals surface area contributed by atoms with Crippen LogP contribution in [-0.4, -0.2) is 31.5 Å². The minimum Gasteiger partial charge on any atom is -0.495 e. The number of nitrogens with zero attached hydrogens (tertiary/aromatic N) is 1. The van der Waals surface area contributed by atoms with Crippen molar-refractivity contribution in [3.63, 3.8) is 0 Å². The summed E-state index contributed by atoms with van der Waals surface area (Å²) in [6.07, 6.45) is 0.327. The van der Waals surface area contributed by atoms with Crippen molar-refractivity contribution in [2.24, 2.45) is 5.73 Å². The van der Waals surface area contributed by atoms with Gasteiger partial charge in [0.15, 0.2) is 0 Å². The lowest BCUT2D eigenvalue weighted by Crippen LogP contribution is -2.28. The van der Waals surface area contributed by atoms with Crippen molar-refractivity contribution in [3.05, 3.63) is 18.2 Å². The molecule has 1 aliphatic rings. The lowest BCUT2D eigenvalue weighted by molar-refractivity contribution is -0.117. The molecule has 0 saturated carbocycles. The summed E-state index contributed by atoms with van der Waals surface area (Å²) in [5.41, 5.74) is 7.04. The Kier molecular flexibility index (Phi) is 3.71. The Hall–Kier alpha value is -2.08. The van der Waals surface area contributed by atoms with Crippen molar-refractivity contribution in [2.45, 2.75) is 19.4 Å². The van der Waals surface area contributed by atoms with E-state index in [4.69, 9.17) is 10.5 Å². The highest BCUT2D eigenvalue weighted by molar-refractivity contribution is 5.99. The van der Waals surface area contributed by atoms with E-state index in [1.165, 1.54) is 14.0 Å². The predicted octanol–water partition coefficient (Wildman–Crippen LogP) is 0.718. The third-order valence-corrected chi connectivity index (χ3v) is 2.94. The Morgan fingerprint density at radius 3 is 2.79 bits per heavy atom. The fraction of sp³-hybridized carbons (Fsp3) is 0.385. The number of carbonyl (C=O) groups is 2. The quantitative estimate of drug-likeness (QED) is 0.841. The first-order chi connectivity index (χ1) is 9.01. The molecule has 0 spiro atoms. The van der Waals surface area contributed by atoms with Gasteiger partial charge in [0, 0.05) is 31.6 Å². The molecular weight excluding hydrogens is 246 g/mol. The molecule has 1 aromatic rings. The SMILES string of the molecule is COc1ccc(NC(C)=O)cc1N1CC(N)CC1=O. The van der Waals surface area contributed by atoms with Crippen molar-refractivity contribution in [3.8, 4) is 5.75 Å². The number of nitrogens with one attached hydrogen (secondary N) is 1. The molecule has 3 N–H and O–H groups in total. The average molecular weight is 263 g/mol. The second kappa shape index (κ2) is 5.27. The fourth-order valence-electron chi connectivity index (χ4n) is 2.15. The van der Waals surface area contributed by atoms with Crippen LogP contribution in [0.3, 0.4) is 0 Å². The van der Waals surface area contributed by atoms with E-state index >= 15 is 0 Å². The molecule has 6 heteroatoms. The Labute approximate surface area is 111 Å². The largest absolute Gasteiger partial charge is 0.495 e. The summed E-state index contributed by atoms with van der Waals surface area (Å²) >= 11 is 0. The highest BCUT2D eigenvalue weighted by Crippen LogP contribution is 2.33. The molecule has 0 radical (unpaired) electrons. The van der Waals surface area contributed by atoms with Crippen LogP contribution in [0.4, 0.5) is 11.4 Å². The van der Waals surface area contributed by atoms with Crippen LogP contribution in [0.1, 0.15) is 13.3 Å². The van der Waals surface area contributed by atoms with Gasteiger partial charge < -0.3 is 20.7 Å². The van der Waals surface area contributed by atoms with Crippen LogP contribution in [0.15, 0.2) is 18.2 Å². The normalized spacial score (nSPS) is 18.6. The van der Waals surface area contributed by atoms with E-state index in [2.05, 4.69) is 5.32 Å². The molecule has 1 saturated heterocycles. The Bertz CT molecular complexity index is 516. The van der Waals surface area contributed by atoms with Gasteiger partial charge in [-0.05, 0) is 18.2 Å². The molecule has 1 aromatic carbocycles. The molecule has 102 valence electrons. The average Bonchev–Trinajstić information content (AvgIpc) is 2.67. The van der Waals surface area contributed by atoms with Crippen molar-refractivity contribution in [1.29, 1.82) is 0 Å². The van der Waals surface area contributed by atoms with Gasteiger partial charge >= 0.3 is 0 Å². The van der Waals surface area contributed by atoms with Crippen molar-refractivity contribution in [1.82, 2.24) is 0 Å². The number of hydrogen-bond acceptors (Lipinski definition) is 4. The highest BCUT2D eigenvalue weighted by Gasteiger charge is 2.30. The highest BCUT2D eigenvalue weighted by atomic mass is 16.5. The first-order valence-electron chi connectivity index (χ1n) is 6.03. The summed E-state index contributed by atoms with van der Waals surface area (Å²) < 4.78 is 5.25. The summed E-state index contributed by atoms with van der Waals surface area (Å²) in [5.74, 6) is 0.378. The molecule has 0 aromatic heterocycles. The number of benzene rings is 1. The van der Waals surface area contributed by atoms with E-state index in [-0.39, 0.29) is 17.9 Å². The number of anilines is 2. The van der Waals surface area contributed by atoms with Crippen LogP contribution >= 0.6 is 0 Å². The lowest BCUT2D eigenvalue weighted by Gasteiger charge is -2.20. The van der Waals surface area contributed by atoms with Gasteiger partial charge in [0.05, 0.1) is 12.8 Å². The number of amides is 2. The van der Waals surface area contributed by atoms with E-state index in [1.54, 1.807) is 23.1 Å². The lowest BCUT2D eigenvalue weighted by atomic mass is 10.2. The molecule has 2 rings (SSSR count). The second-order valence-electron chi connectivity index (χ2n) is 4.54. The molecule has 19 heavy (non-hydrogen) atoms. The number of methoxy groups -OCH3 is 1. The topological polar surface area (TPSA) is 84.7 Å². The third kappa shape index (κ3) is 2.85. The number of nitrogens with two attached hydrogens (primary N) is 1. The third-order valence-electron chi connectivity index (χ3n) is 2.94. The molecule has 0 bridgehead atoms. The van der Waals surface area contributed by atoms with E-state index < -0.39 is 0 Å².